The number of anilines is 1. The van der Waals surface area contributed by atoms with E-state index in [1.807, 2.05) is 6.92 Å². The van der Waals surface area contributed by atoms with E-state index in [0.717, 1.165) is 0 Å². The number of nitrogens with zero attached hydrogens (tertiary/aromatic N) is 2. The van der Waals surface area contributed by atoms with Crippen molar-refractivity contribution < 1.29 is 4.92 Å². The Labute approximate surface area is 92.3 Å². The molecule has 0 unspecified atom stereocenters. The van der Waals surface area contributed by atoms with Gasteiger partial charge in [0, 0.05) is 12.7 Å². The molecule has 0 spiro atoms. The standard InChI is InChI=1S/C11H11N3O2/c1-2-12-10-6-5-9-8(4-3-7-13-9)11(10)14(15)16/h3-7,12H,2H2,1H3. The van der Waals surface area contributed by atoms with Crippen molar-refractivity contribution in [1.82, 2.24) is 4.98 Å². The van der Waals surface area contributed by atoms with Gasteiger partial charge >= 0.3 is 5.69 Å². The molecule has 1 heterocycles. The Morgan fingerprint density at radius 1 is 1.44 bits per heavy atom. The highest BCUT2D eigenvalue weighted by Gasteiger charge is 2.17. The molecule has 0 aliphatic carbocycles. The molecule has 1 aromatic carbocycles. The van der Waals surface area contributed by atoms with E-state index in [1.54, 1.807) is 30.5 Å². The third-order valence-electron chi connectivity index (χ3n) is 2.31. The predicted molar refractivity (Wildman–Crippen MR) is 62.6 cm³/mol. The summed E-state index contributed by atoms with van der Waals surface area (Å²) in [5.41, 5.74) is 1.26. The van der Waals surface area contributed by atoms with Gasteiger partial charge in [-0.2, -0.15) is 0 Å². The first kappa shape index (κ1) is 10.4. The minimum Gasteiger partial charge on any atom is -0.380 e. The van der Waals surface area contributed by atoms with Crippen molar-refractivity contribution in [3.63, 3.8) is 0 Å². The Morgan fingerprint density at radius 2 is 2.25 bits per heavy atom. The van der Waals surface area contributed by atoms with Crippen molar-refractivity contribution in [2.45, 2.75) is 6.92 Å². The maximum absolute atomic E-state index is 11.0. The molecule has 1 aromatic heterocycles. The maximum Gasteiger partial charge on any atom is 0.301 e. The summed E-state index contributed by atoms with van der Waals surface area (Å²) in [6, 6.07) is 6.88. The van der Waals surface area contributed by atoms with Crippen LogP contribution >= 0.6 is 0 Å². The number of nitro groups is 1. The van der Waals surface area contributed by atoms with Gasteiger partial charge in [-0.25, -0.2) is 0 Å². The number of hydrogen-bond donors (Lipinski definition) is 1. The lowest BCUT2D eigenvalue weighted by atomic mass is 10.1. The van der Waals surface area contributed by atoms with Gasteiger partial charge in [0.1, 0.15) is 5.69 Å². The molecular weight excluding hydrogens is 206 g/mol. The summed E-state index contributed by atoms with van der Waals surface area (Å²) >= 11 is 0. The number of rotatable bonds is 3. The van der Waals surface area contributed by atoms with E-state index in [9.17, 15) is 10.1 Å². The molecule has 0 aliphatic heterocycles. The molecule has 82 valence electrons. The van der Waals surface area contributed by atoms with E-state index >= 15 is 0 Å². The molecule has 0 radical (unpaired) electrons. The Bertz CT molecular complexity index is 540. The van der Waals surface area contributed by atoms with Crippen LogP contribution < -0.4 is 5.32 Å². The van der Waals surface area contributed by atoms with Crippen LogP contribution in [0.2, 0.25) is 0 Å². The number of benzene rings is 1. The number of pyridine rings is 1. The van der Waals surface area contributed by atoms with Gasteiger partial charge in [-0.3, -0.25) is 15.1 Å². The molecule has 5 heteroatoms. The third kappa shape index (κ3) is 1.67. The zero-order chi connectivity index (χ0) is 11.5. The third-order valence-corrected chi connectivity index (χ3v) is 2.31. The largest absolute Gasteiger partial charge is 0.380 e. The summed E-state index contributed by atoms with van der Waals surface area (Å²) < 4.78 is 0. The molecule has 5 nitrogen and oxygen atoms in total. The van der Waals surface area contributed by atoms with Crippen LogP contribution in [0.1, 0.15) is 6.92 Å². The molecule has 0 atom stereocenters. The van der Waals surface area contributed by atoms with E-state index < -0.39 is 0 Å². The summed E-state index contributed by atoms with van der Waals surface area (Å²) in [6.07, 6.45) is 1.62. The SMILES string of the molecule is CCNc1ccc2ncccc2c1[N+](=O)[O-]. The van der Waals surface area contributed by atoms with Crippen molar-refractivity contribution in [1.29, 1.82) is 0 Å². The average molecular weight is 217 g/mol. The second-order valence-corrected chi connectivity index (χ2v) is 3.32. The van der Waals surface area contributed by atoms with E-state index in [-0.39, 0.29) is 10.6 Å². The second-order valence-electron chi connectivity index (χ2n) is 3.32. The Kier molecular flexibility index (Phi) is 2.68. The number of nitrogens with one attached hydrogen (secondary N) is 1. The van der Waals surface area contributed by atoms with Crippen LogP contribution in [0.25, 0.3) is 10.9 Å². The summed E-state index contributed by atoms with van der Waals surface area (Å²) in [7, 11) is 0. The van der Waals surface area contributed by atoms with Gasteiger partial charge in [-0.05, 0) is 31.2 Å². The molecule has 0 saturated heterocycles. The summed E-state index contributed by atoms with van der Waals surface area (Å²) in [4.78, 5) is 14.8. The van der Waals surface area contributed by atoms with Gasteiger partial charge in [-0.15, -0.1) is 0 Å². The minimum atomic E-state index is -0.373. The fourth-order valence-electron chi connectivity index (χ4n) is 1.67. The van der Waals surface area contributed by atoms with Crippen LogP contribution in [-0.2, 0) is 0 Å². The van der Waals surface area contributed by atoms with Crippen molar-refractivity contribution >= 4 is 22.3 Å². The summed E-state index contributed by atoms with van der Waals surface area (Å²) in [5, 5.41) is 14.6. The fourth-order valence-corrected chi connectivity index (χ4v) is 1.67. The zero-order valence-corrected chi connectivity index (χ0v) is 8.80. The predicted octanol–water partition coefficient (Wildman–Crippen LogP) is 2.57. The normalized spacial score (nSPS) is 10.3. The topological polar surface area (TPSA) is 68.1 Å². The first-order valence-corrected chi connectivity index (χ1v) is 5.00. The van der Waals surface area contributed by atoms with Gasteiger partial charge in [-0.1, -0.05) is 0 Å². The Balaban J connectivity index is 2.73. The van der Waals surface area contributed by atoms with Gasteiger partial charge < -0.3 is 5.32 Å². The molecular formula is C11H11N3O2. The number of hydrogen-bond acceptors (Lipinski definition) is 4. The smallest absolute Gasteiger partial charge is 0.301 e. The summed E-state index contributed by atoms with van der Waals surface area (Å²) in [6.45, 7) is 2.55. The molecule has 16 heavy (non-hydrogen) atoms. The van der Waals surface area contributed by atoms with Gasteiger partial charge in [0.05, 0.1) is 15.8 Å². The van der Waals surface area contributed by atoms with Crippen molar-refractivity contribution in [3.8, 4) is 0 Å². The van der Waals surface area contributed by atoms with Crippen LogP contribution in [0, 0.1) is 10.1 Å². The molecule has 0 amide bonds. The summed E-state index contributed by atoms with van der Waals surface area (Å²) in [5.74, 6) is 0. The van der Waals surface area contributed by atoms with Crippen LogP contribution in [0.15, 0.2) is 30.5 Å². The maximum atomic E-state index is 11.0. The van der Waals surface area contributed by atoms with Crippen LogP contribution in [0.4, 0.5) is 11.4 Å². The molecule has 2 rings (SSSR count). The van der Waals surface area contributed by atoms with E-state index in [2.05, 4.69) is 10.3 Å². The van der Waals surface area contributed by atoms with Crippen molar-refractivity contribution in [2.75, 3.05) is 11.9 Å². The average Bonchev–Trinajstić information content (AvgIpc) is 2.28. The lowest BCUT2D eigenvalue weighted by molar-refractivity contribution is -0.382. The lowest BCUT2D eigenvalue weighted by Gasteiger charge is -2.06. The van der Waals surface area contributed by atoms with Crippen LogP contribution in [0.5, 0.6) is 0 Å². The Hall–Kier alpha value is -2.17. The molecule has 0 aliphatic rings. The van der Waals surface area contributed by atoms with Crippen LogP contribution in [0.3, 0.4) is 0 Å². The second kappa shape index (κ2) is 4.14. The van der Waals surface area contributed by atoms with E-state index in [1.165, 1.54) is 0 Å². The quantitative estimate of drug-likeness (QED) is 0.633. The molecule has 0 saturated carbocycles. The molecule has 0 fully saturated rings. The highest BCUT2D eigenvalue weighted by Crippen LogP contribution is 2.32. The van der Waals surface area contributed by atoms with E-state index in [4.69, 9.17) is 0 Å². The highest BCUT2D eigenvalue weighted by atomic mass is 16.6. The van der Waals surface area contributed by atoms with Crippen molar-refractivity contribution in [3.05, 3.63) is 40.6 Å². The Morgan fingerprint density at radius 3 is 2.94 bits per heavy atom. The molecule has 1 N–H and O–H groups in total. The molecule has 2 aromatic rings. The number of fused-ring (bicyclic) bond motifs is 1. The minimum absolute atomic E-state index is 0.0902. The monoisotopic (exact) mass is 217 g/mol. The van der Waals surface area contributed by atoms with Gasteiger partial charge in [0.15, 0.2) is 0 Å². The van der Waals surface area contributed by atoms with Gasteiger partial charge in [0.2, 0.25) is 0 Å². The fraction of sp³-hybridized carbons (Fsp3) is 0.182. The lowest BCUT2D eigenvalue weighted by Crippen LogP contribution is -2.01. The first-order valence-electron chi connectivity index (χ1n) is 5.00. The number of nitro benzene ring substituents is 1. The first-order chi connectivity index (χ1) is 7.74. The van der Waals surface area contributed by atoms with Gasteiger partial charge in [0.25, 0.3) is 0 Å². The van der Waals surface area contributed by atoms with Crippen LogP contribution in [-0.4, -0.2) is 16.5 Å². The molecule has 0 bridgehead atoms. The number of aromatic nitrogens is 1. The van der Waals surface area contributed by atoms with E-state index in [0.29, 0.717) is 23.1 Å². The highest BCUT2D eigenvalue weighted by molar-refractivity contribution is 5.94. The zero-order valence-electron chi connectivity index (χ0n) is 8.80. The van der Waals surface area contributed by atoms with Crippen molar-refractivity contribution in [2.24, 2.45) is 0 Å².